The highest BCUT2D eigenvalue weighted by atomic mass is 16.4. The zero-order valence-corrected chi connectivity index (χ0v) is 15.3. The number of phenolic OH excluding ortho intramolecular Hbond substituents is 2. The van der Waals surface area contributed by atoms with E-state index in [2.05, 4.69) is 11.9 Å². The van der Waals surface area contributed by atoms with Gasteiger partial charge in [0.25, 0.3) is 0 Å². The highest BCUT2D eigenvalue weighted by Crippen LogP contribution is 2.34. The number of aryl methyl sites for hydroxylation is 1. The van der Waals surface area contributed by atoms with Gasteiger partial charge in [-0.05, 0) is 42.7 Å². The van der Waals surface area contributed by atoms with Crippen molar-refractivity contribution in [2.45, 2.75) is 39.0 Å². The molecule has 0 radical (unpaired) electrons. The predicted octanol–water partition coefficient (Wildman–Crippen LogP) is 5.13. The normalized spacial score (nSPS) is 11.0. The molecule has 3 rings (SSSR count). The van der Waals surface area contributed by atoms with Crippen LogP contribution in [-0.2, 0) is 6.42 Å². The van der Waals surface area contributed by atoms with Gasteiger partial charge in [-0.15, -0.1) is 0 Å². The second kappa shape index (κ2) is 8.08. The fourth-order valence-electron chi connectivity index (χ4n) is 3.25. The predicted molar refractivity (Wildman–Crippen MR) is 105 cm³/mol. The van der Waals surface area contributed by atoms with Gasteiger partial charge >= 0.3 is 5.97 Å². The SMILES string of the molecule is CCCCCCc1ccc(O)c(-c2cc(C(=O)O)c3cccc(O)c3n2)c1. The number of aromatic carboxylic acids is 1. The van der Waals surface area contributed by atoms with Crippen molar-refractivity contribution in [3.63, 3.8) is 0 Å². The van der Waals surface area contributed by atoms with Gasteiger partial charge in [0.15, 0.2) is 0 Å². The molecule has 0 bridgehead atoms. The van der Waals surface area contributed by atoms with Gasteiger partial charge in [0.2, 0.25) is 0 Å². The zero-order chi connectivity index (χ0) is 19.4. The van der Waals surface area contributed by atoms with E-state index in [0.717, 1.165) is 24.8 Å². The molecule has 3 aromatic rings. The number of hydrogen-bond donors (Lipinski definition) is 3. The summed E-state index contributed by atoms with van der Waals surface area (Å²) in [5, 5.41) is 30.4. The summed E-state index contributed by atoms with van der Waals surface area (Å²) in [6.07, 6.45) is 5.46. The molecular formula is C22H23NO4. The fraction of sp³-hybridized carbons (Fsp3) is 0.273. The van der Waals surface area contributed by atoms with E-state index in [1.165, 1.54) is 25.0 Å². The van der Waals surface area contributed by atoms with Crippen molar-refractivity contribution in [2.24, 2.45) is 0 Å². The summed E-state index contributed by atoms with van der Waals surface area (Å²) in [5.41, 5.74) is 2.11. The van der Waals surface area contributed by atoms with E-state index in [1.807, 2.05) is 12.1 Å². The summed E-state index contributed by atoms with van der Waals surface area (Å²) in [7, 11) is 0. The second-order valence-corrected chi connectivity index (χ2v) is 6.70. The number of para-hydroxylation sites is 1. The summed E-state index contributed by atoms with van der Waals surface area (Å²) in [4.78, 5) is 16.1. The van der Waals surface area contributed by atoms with Crippen LogP contribution >= 0.6 is 0 Å². The third kappa shape index (κ3) is 4.03. The molecule has 140 valence electrons. The molecule has 5 nitrogen and oxygen atoms in total. The smallest absolute Gasteiger partial charge is 0.336 e. The number of carbonyl (C=O) groups is 1. The number of unbranched alkanes of at least 4 members (excludes halogenated alkanes) is 3. The summed E-state index contributed by atoms with van der Waals surface area (Å²) in [6.45, 7) is 2.17. The lowest BCUT2D eigenvalue weighted by molar-refractivity contribution is 0.0699. The Hall–Kier alpha value is -3.08. The van der Waals surface area contributed by atoms with E-state index < -0.39 is 5.97 Å². The number of benzene rings is 2. The van der Waals surface area contributed by atoms with Crippen molar-refractivity contribution in [1.82, 2.24) is 4.98 Å². The topological polar surface area (TPSA) is 90.7 Å². The molecule has 0 atom stereocenters. The zero-order valence-electron chi connectivity index (χ0n) is 15.3. The highest BCUT2D eigenvalue weighted by molar-refractivity contribution is 6.05. The highest BCUT2D eigenvalue weighted by Gasteiger charge is 2.17. The minimum atomic E-state index is -1.11. The monoisotopic (exact) mass is 365 g/mol. The van der Waals surface area contributed by atoms with Crippen LogP contribution in [0.2, 0.25) is 0 Å². The first kappa shape index (κ1) is 18.7. The van der Waals surface area contributed by atoms with Crippen molar-refractivity contribution in [1.29, 1.82) is 0 Å². The average Bonchev–Trinajstić information content (AvgIpc) is 2.66. The van der Waals surface area contributed by atoms with Crippen LogP contribution in [0.25, 0.3) is 22.2 Å². The van der Waals surface area contributed by atoms with E-state index in [1.54, 1.807) is 18.2 Å². The molecule has 0 fully saturated rings. The first-order valence-corrected chi connectivity index (χ1v) is 9.19. The maximum atomic E-state index is 11.7. The standard InChI is InChI=1S/C22H23NO4/c1-2-3-4-5-7-14-10-11-19(24)17(12-14)18-13-16(22(26)27)15-8-6-9-20(25)21(15)23-18/h6,8-13,24-25H,2-5,7H2,1H3,(H,26,27). The summed E-state index contributed by atoms with van der Waals surface area (Å²) in [6, 6.07) is 11.4. The van der Waals surface area contributed by atoms with Crippen LogP contribution in [0.1, 0.15) is 48.5 Å². The Bertz CT molecular complexity index is 981. The Morgan fingerprint density at radius 1 is 1.00 bits per heavy atom. The number of phenols is 2. The first-order valence-electron chi connectivity index (χ1n) is 9.19. The molecule has 0 saturated heterocycles. The molecule has 1 heterocycles. The summed E-state index contributed by atoms with van der Waals surface area (Å²) >= 11 is 0. The maximum absolute atomic E-state index is 11.7. The number of rotatable bonds is 7. The van der Waals surface area contributed by atoms with E-state index in [0.29, 0.717) is 16.6 Å². The Balaban J connectivity index is 2.06. The van der Waals surface area contributed by atoms with Crippen LogP contribution in [-0.4, -0.2) is 26.3 Å². The van der Waals surface area contributed by atoms with Gasteiger partial charge in [-0.1, -0.05) is 44.4 Å². The van der Waals surface area contributed by atoms with Crippen LogP contribution in [0.3, 0.4) is 0 Å². The Labute approximate surface area is 157 Å². The lowest BCUT2D eigenvalue weighted by Gasteiger charge is -2.11. The number of carboxylic acid groups (broad SMARTS) is 1. The molecule has 0 aliphatic carbocycles. The van der Waals surface area contributed by atoms with Gasteiger partial charge in [-0.25, -0.2) is 9.78 Å². The van der Waals surface area contributed by atoms with Gasteiger partial charge in [0.1, 0.15) is 17.0 Å². The van der Waals surface area contributed by atoms with Gasteiger partial charge in [-0.2, -0.15) is 0 Å². The van der Waals surface area contributed by atoms with Gasteiger partial charge in [-0.3, -0.25) is 0 Å². The molecule has 0 saturated carbocycles. The van der Waals surface area contributed by atoms with Crippen LogP contribution in [0.5, 0.6) is 11.5 Å². The third-order valence-corrected chi connectivity index (χ3v) is 4.70. The van der Waals surface area contributed by atoms with E-state index >= 15 is 0 Å². The molecule has 0 spiro atoms. The molecule has 0 aliphatic heterocycles. The number of carboxylic acids is 1. The molecule has 0 amide bonds. The van der Waals surface area contributed by atoms with Crippen LogP contribution in [0.15, 0.2) is 42.5 Å². The number of fused-ring (bicyclic) bond motifs is 1. The number of aromatic hydroxyl groups is 2. The van der Waals surface area contributed by atoms with Crippen LogP contribution in [0.4, 0.5) is 0 Å². The third-order valence-electron chi connectivity index (χ3n) is 4.70. The number of pyridine rings is 1. The van der Waals surface area contributed by atoms with Crippen LogP contribution < -0.4 is 0 Å². The molecule has 0 aliphatic rings. The Morgan fingerprint density at radius 3 is 2.56 bits per heavy atom. The molecule has 5 heteroatoms. The van der Waals surface area contributed by atoms with Crippen molar-refractivity contribution in [2.75, 3.05) is 0 Å². The van der Waals surface area contributed by atoms with Crippen molar-refractivity contribution < 1.29 is 20.1 Å². The van der Waals surface area contributed by atoms with Crippen LogP contribution in [0, 0.1) is 0 Å². The lowest BCUT2D eigenvalue weighted by atomic mass is 9.99. The fourth-order valence-corrected chi connectivity index (χ4v) is 3.25. The minimum Gasteiger partial charge on any atom is -0.507 e. The number of nitrogens with zero attached hydrogens (tertiary/aromatic N) is 1. The number of aromatic nitrogens is 1. The first-order chi connectivity index (χ1) is 13.0. The van der Waals surface area contributed by atoms with Crippen molar-refractivity contribution >= 4 is 16.9 Å². The lowest BCUT2D eigenvalue weighted by Crippen LogP contribution is -2.00. The molecular weight excluding hydrogens is 342 g/mol. The minimum absolute atomic E-state index is 0.0333. The Kier molecular flexibility index (Phi) is 5.60. The molecule has 3 N–H and O–H groups in total. The quantitative estimate of drug-likeness (QED) is 0.505. The summed E-state index contributed by atoms with van der Waals surface area (Å²) in [5.74, 6) is -1.16. The van der Waals surface area contributed by atoms with Gasteiger partial charge < -0.3 is 15.3 Å². The van der Waals surface area contributed by atoms with Crippen molar-refractivity contribution in [3.8, 4) is 22.8 Å². The average molecular weight is 365 g/mol. The largest absolute Gasteiger partial charge is 0.507 e. The molecule has 27 heavy (non-hydrogen) atoms. The molecule has 1 aromatic heterocycles. The Morgan fingerprint density at radius 2 is 1.81 bits per heavy atom. The second-order valence-electron chi connectivity index (χ2n) is 6.70. The van der Waals surface area contributed by atoms with E-state index in [4.69, 9.17) is 0 Å². The maximum Gasteiger partial charge on any atom is 0.336 e. The van der Waals surface area contributed by atoms with Gasteiger partial charge in [0, 0.05) is 10.9 Å². The summed E-state index contributed by atoms with van der Waals surface area (Å²) < 4.78 is 0. The molecule has 0 unspecified atom stereocenters. The van der Waals surface area contributed by atoms with Gasteiger partial charge in [0.05, 0.1) is 11.3 Å². The van der Waals surface area contributed by atoms with E-state index in [9.17, 15) is 20.1 Å². The molecule has 2 aromatic carbocycles. The van der Waals surface area contributed by atoms with E-state index in [-0.39, 0.29) is 22.6 Å². The van der Waals surface area contributed by atoms with Crippen molar-refractivity contribution in [3.05, 3.63) is 53.6 Å². The number of hydrogen-bond acceptors (Lipinski definition) is 4.